The Morgan fingerprint density at radius 2 is 2.44 bits per heavy atom. The molecule has 2 atom stereocenters. The molecule has 0 N–H and O–H groups in total. The number of esters is 1. The zero-order chi connectivity index (χ0) is 13.0. The van der Waals surface area contributed by atoms with Gasteiger partial charge in [0.05, 0.1) is 13.2 Å². The molecule has 0 radical (unpaired) electrons. The van der Waals surface area contributed by atoms with Crippen molar-refractivity contribution in [3.05, 3.63) is 11.7 Å². The Bertz CT molecular complexity index is 399. The second kappa shape index (κ2) is 5.95. The molecule has 1 aromatic heterocycles. The quantitative estimate of drug-likeness (QED) is 0.760. The predicted octanol–water partition coefficient (Wildman–Crippen LogP) is 1.63. The molecule has 6 heteroatoms. The third-order valence-electron chi connectivity index (χ3n) is 2.99. The van der Waals surface area contributed by atoms with Gasteiger partial charge in [0.15, 0.2) is 5.82 Å². The molecule has 0 amide bonds. The second-order valence-corrected chi connectivity index (χ2v) is 4.38. The average molecular weight is 254 g/mol. The number of rotatable bonds is 4. The number of carbonyl (C=O) groups excluding carboxylic acids is 1. The van der Waals surface area contributed by atoms with Crippen molar-refractivity contribution >= 4 is 5.97 Å². The van der Waals surface area contributed by atoms with Crippen LogP contribution in [0, 0.1) is 0 Å². The Labute approximate surface area is 106 Å². The van der Waals surface area contributed by atoms with Gasteiger partial charge in [-0.25, -0.2) is 0 Å². The zero-order valence-corrected chi connectivity index (χ0v) is 10.7. The van der Waals surface area contributed by atoms with Crippen LogP contribution in [0.2, 0.25) is 0 Å². The van der Waals surface area contributed by atoms with E-state index in [4.69, 9.17) is 14.0 Å². The fraction of sp³-hybridized carbons (Fsp3) is 0.750. The Morgan fingerprint density at radius 1 is 1.61 bits per heavy atom. The highest BCUT2D eigenvalue weighted by Crippen LogP contribution is 2.24. The Kier molecular flexibility index (Phi) is 4.30. The number of carbonyl (C=O) groups is 1. The van der Waals surface area contributed by atoms with Crippen molar-refractivity contribution in [2.24, 2.45) is 0 Å². The van der Waals surface area contributed by atoms with E-state index in [2.05, 4.69) is 10.1 Å². The van der Waals surface area contributed by atoms with Gasteiger partial charge in [-0.1, -0.05) is 5.16 Å². The number of hydrogen-bond donors (Lipinski definition) is 0. The van der Waals surface area contributed by atoms with Crippen molar-refractivity contribution in [2.45, 2.75) is 38.5 Å². The first kappa shape index (κ1) is 13.0. The SMILES string of the molecule is CCOC(=O)C(C)c1nc(C2CCCOC2)no1. The summed E-state index contributed by atoms with van der Waals surface area (Å²) >= 11 is 0. The molecule has 0 aliphatic carbocycles. The summed E-state index contributed by atoms with van der Waals surface area (Å²) in [6, 6.07) is 0. The Balaban J connectivity index is 2.02. The molecule has 0 bridgehead atoms. The van der Waals surface area contributed by atoms with Gasteiger partial charge in [0.2, 0.25) is 5.89 Å². The van der Waals surface area contributed by atoms with E-state index in [0.29, 0.717) is 24.9 Å². The lowest BCUT2D eigenvalue weighted by atomic mass is 10.0. The van der Waals surface area contributed by atoms with E-state index >= 15 is 0 Å². The van der Waals surface area contributed by atoms with Gasteiger partial charge >= 0.3 is 5.97 Å². The van der Waals surface area contributed by atoms with E-state index in [0.717, 1.165) is 19.4 Å². The molecule has 2 unspecified atom stereocenters. The van der Waals surface area contributed by atoms with Crippen LogP contribution in [0.15, 0.2) is 4.52 Å². The van der Waals surface area contributed by atoms with Gasteiger partial charge in [0.25, 0.3) is 0 Å². The molecule has 1 aliphatic heterocycles. The molecule has 2 rings (SSSR count). The standard InChI is InChI=1S/C12H18N2O4/c1-3-17-12(15)8(2)11-13-10(14-18-11)9-5-4-6-16-7-9/h8-9H,3-7H2,1-2H3. The average Bonchev–Trinajstić information content (AvgIpc) is 2.89. The van der Waals surface area contributed by atoms with E-state index in [1.165, 1.54) is 0 Å². The molecule has 6 nitrogen and oxygen atoms in total. The van der Waals surface area contributed by atoms with Crippen molar-refractivity contribution in [2.75, 3.05) is 19.8 Å². The summed E-state index contributed by atoms with van der Waals surface area (Å²) in [5.74, 6) is 0.254. The number of ether oxygens (including phenoxy) is 2. The van der Waals surface area contributed by atoms with Gasteiger partial charge in [-0.3, -0.25) is 4.79 Å². The fourth-order valence-electron chi connectivity index (χ4n) is 1.90. The summed E-state index contributed by atoms with van der Waals surface area (Å²) < 4.78 is 15.4. The largest absolute Gasteiger partial charge is 0.465 e. The van der Waals surface area contributed by atoms with Gasteiger partial charge < -0.3 is 14.0 Å². The van der Waals surface area contributed by atoms with Crippen LogP contribution in [-0.4, -0.2) is 35.9 Å². The molecular weight excluding hydrogens is 236 g/mol. The summed E-state index contributed by atoms with van der Waals surface area (Å²) in [4.78, 5) is 15.8. The van der Waals surface area contributed by atoms with Crippen molar-refractivity contribution in [3.8, 4) is 0 Å². The van der Waals surface area contributed by atoms with Gasteiger partial charge in [0.1, 0.15) is 5.92 Å². The smallest absolute Gasteiger partial charge is 0.318 e. The van der Waals surface area contributed by atoms with Gasteiger partial charge in [0, 0.05) is 12.5 Å². The molecule has 2 heterocycles. The maximum Gasteiger partial charge on any atom is 0.318 e. The monoisotopic (exact) mass is 254 g/mol. The van der Waals surface area contributed by atoms with Crippen molar-refractivity contribution in [3.63, 3.8) is 0 Å². The zero-order valence-electron chi connectivity index (χ0n) is 10.7. The minimum Gasteiger partial charge on any atom is -0.465 e. The lowest BCUT2D eigenvalue weighted by Gasteiger charge is -2.18. The van der Waals surface area contributed by atoms with Gasteiger partial charge in [-0.2, -0.15) is 4.98 Å². The van der Waals surface area contributed by atoms with Gasteiger partial charge in [-0.15, -0.1) is 0 Å². The normalized spacial score (nSPS) is 21.6. The van der Waals surface area contributed by atoms with Crippen molar-refractivity contribution < 1.29 is 18.8 Å². The topological polar surface area (TPSA) is 74.5 Å². The molecule has 0 spiro atoms. The molecule has 1 aromatic rings. The van der Waals surface area contributed by atoms with Crippen molar-refractivity contribution in [1.29, 1.82) is 0 Å². The predicted molar refractivity (Wildman–Crippen MR) is 62.1 cm³/mol. The second-order valence-electron chi connectivity index (χ2n) is 4.38. The van der Waals surface area contributed by atoms with Crippen LogP contribution >= 0.6 is 0 Å². The number of hydrogen-bond acceptors (Lipinski definition) is 6. The van der Waals surface area contributed by atoms with Crippen LogP contribution in [0.25, 0.3) is 0 Å². The highest BCUT2D eigenvalue weighted by molar-refractivity contribution is 5.76. The van der Waals surface area contributed by atoms with Crippen molar-refractivity contribution in [1.82, 2.24) is 10.1 Å². The maximum atomic E-state index is 11.6. The number of aromatic nitrogens is 2. The summed E-state index contributed by atoms with van der Waals surface area (Å²) in [7, 11) is 0. The van der Waals surface area contributed by atoms with Gasteiger partial charge in [-0.05, 0) is 26.7 Å². The molecule has 100 valence electrons. The molecule has 18 heavy (non-hydrogen) atoms. The number of nitrogens with zero attached hydrogens (tertiary/aromatic N) is 2. The third kappa shape index (κ3) is 2.87. The lowest BCUT2D eigenvalue weighted by molar-refractivity contribution is -0.145. The van der Waals surface area contributed by atoms with Crippen LogP contribution in [0.3, 0.4) is 0 Å². The summed E-state index contributed by atoms with van der Waals surface area (Å²) in [6.45, 7) is 5.23. The van der Waals surface area contributed by atoms with E-state index in [1.54, 1.807) is 13.8 Å². The van der Waals surface area contributed by atoms with E-state index in [1.807, 2.05) is 0 Å². The van der Waals surface area contributed by atoms with Crippen LogP contribution in [0.1, 0.15) is 50.2 Å². The van der Waals surface area contributed by atoms with E-state index in [-0.39, 0.29) is 11.9 Å². The van der Waals surface area contributed by atoms with E-state index < -0.39 is 5.92 Å². The molecular formula is C12H18N2O4. The van der Waals surface area contributed by atoms with Crippen LogP contribution < -0.4 is 0 Å². The summed E-state index contributed by atoms with van der Waals surface area (Å²) in [6.07, 6.45) is 1.99. The highest BCUT2D eigenvalue weighted by Gasteiger charge is 2.26. The molecule has 1 fully saturated rings. The van der Waals surface area contributed by atoms with E-state index in [9.17, 15) is 4.79 Å². The first-order valence-corrected chi connectivity index (χ1v) is 6.30. The molecule has 0 aromatic carbocycles. The lowest BCUT2D eigenvalue weighted by Crippen LogP contribution is -2.17. The molecule has 1 aliphatic rings. The first-order chi connectivity index (χ1) is 8.72. The third-order valence-corrected chi connectivity index (χ3v) is 2.99. The summed E-state index contributed by atoms with van der Waals surface area (Å²) in [5.41, 5.74) is 0. The van der Waals surface area contributed by atoms with Crippen LogP contribution in [0.4, 0.5) is 0 Å². The van der Waals surface area contributed by atoms with Crippen LogP contribution in [0.5, 0.6) is 0 Å². The Morgan fingerprint density at radius 3 is 3.11 bits per heavy atom. The first-order valence-electron chi connectivity index (χ1n) is 6.30. The maximum absolute atomic E-state index is 11.6. The summed E-state index contributed by atoms with van der Waals surface area (Å²) in [5, 5.41) is 3.93. The highest BCUT2D eigenvalue weighted by atomic mass is 16.5. The minimum atomic E-state index is -0.518. The Hall–Kier alpha value is -1.43. The van der Waals surface area contributed by atoms with Crippen LogP contribution in [-0.2, 0) is 14.3 Å². The minimum absolute atomic E-state index is 0.172. The molecule has 1 saturated heterocycles. The molecule has 0 saturated carbocycles. The fourth-order valence-corrected chi connectivity index (χ4v) is 1.90.